The van der Waals surface area contributed by atoms with Gasteiger partial charge in [0.25, 0.3) is 0 Å². The van der Waals surface area contributed by atoms with Crippen LogP contribution in [0.4, 0.5) is 0 Å². The van der Waals surface area contributed by atoms with E-state index in [9.17, 15) is 4.79 Å². The first-order chi connectivity index (χ1) is 5.11. The van der Waals surface area contributed by atoms with Crippen molar-refractivity contribution >= 4 is 5.97 Å². The summed E-state index contributed by atoms with van der Waals surface area (Å²) in [6, 6.07) is 3.26. The Morgan fingerprint density at radius 2 is 2.09 bits per heavy atom. The maximum atomic E-state index is 10.4. The maximum Gasteiger partial charge on any atom is 0.354 e. The number of hydrogen-bond donors (Lipinski definition) is 1. The van der Waals surface area contributed by atoms with E-state index in [4.69, 9.17) is 5.11 Å². The van der Waals surface area contributed by atoms with Crippen LogP contribution in [0.15, 0.2) is 12.1 Å². The second kappa shape index (κ2) is 2.70. The van der Waals surface area contributed by atoms with Crippen LogP contribution >= 0.6 is 0 Å². The van der Waals surface area contributed by atoms with E-state index < -0.39 is 5.97 Å². The molecular weight excluding hydrogens is 142 g/mol. The van der Waals surface area contributed by atoms with Crippen molar-refractivity contribution in [2.24, 2.45) is 0 Å². The fraction of sp³-hybridized carbons (Fsp3) is 0.250. The number of carbonyl (C=O) groups is 1. The molecule has 0 atom stereocenters. The summed E-state index contributed by atoms with van der Waals surface area (Å²) in [7, 11) is 0. The summed E-state index contributed by atoms with van der Waals surface area (Å²) in [4.78, 5) is 14.3. The minimum Gasteiger partial charge on any atom is -0.477 e. The molecule has 1 rings (SSSR count). The fourth-order valence-electron chi connectivity index (χ4n) is 0.750. The van der Waals surface area contributed by atoms with Crippen LogP contribution < -0.4 is 0 Å². The van der Waals surface area contributed by atoms with Crippen LogP contribution in [0.3, 0.4) is 0 Å². The number of pyridine rings is 1. The van der Waals surface area contributed by atoms with Gasteiger partial charge in [-0.3, -0.25) is 0 Å². The number of aromatic carboxylic acids is 1. The lowest BCUT2D eigenvalue weighted by molar-refractivity contribution is 0.0690. The Kier molecular flexibility index (Phi) is 1.89. The van der Waals surface area contributed by atoms with E-state index in [-0.39, 0.29) is 5.69 Å². The Morgan fingerprint density at radius 3 is 2.55 bits per heavy atom. The first-order valence-electron chi connectivity index (χ1n) is 3.29. The van der Waals surface area contributed by atoms with Gasteiger partial charge < -0.3 is 5.11 Å². The SMILES string of the molecule is Cc1ccc(C(=O)O)nc1C. The smallest absolute Gasteiger partial charge is 0.354 e. The second-order valence-corrected chi connectivity index (χ2v) is 2.40. The van der Waals surface area contributed by atoms with Gasteiger partial charge in [0.1, 0.15) is 5.69 Å². The third-order valence-corrected chi connectivity index (χ3v) is 1.57. The number of nitrogens with zero attached hydrogens (tertiary/aromatic N) is 1. The van der Waals surface area contributed by atoms with Crippen molar-refractivity contribution in [3.63, 3.8) is 0 Å². The Hall–Kier alpha value is -1.38. The maximum absolute atomic E-state index is 10.4. The van der Waals surface area contributed by atoms with E-state index in [1.807, 2.05) is 6.92 Å². The van der Waals surface area contributed by atoms with E-state index in [2.05, 4.69) is 4.98 Å². The normalized spacial score (nSPS) is 9.64. The minimum atomic E-state index is -0.979. The average Bonchev–Trinajstić information content (AvgIpc) is 1.94. The molecule has 0 saturated heterocycles. The van der Waals surface area contributed by atoms with Gasteiger partial charge in [-0.15, -0.1) is 0 Å². The van der Waals surface area contributed by atoms with E-state index >= 15 is 0 Å². The van der Waals surface area contributed by atoms with Crippen LogP contribution in [-0.2, 0) is 0 Å². The van der Waals surface area contributed by atoms with Crippen molar-refractivity contribution in [1.29, 1.82) is 0 Å². The largest absolute Gasteiger partial charge is 0.477 e. The van der Waals surface area contributed by atoms with Gasteiger partial charge in [-0.1, -0.05) is 6.07 Å². The number of rotatable bonds is 1. The molecule has 0 aromatic carbocycles. The van der Waals surface area contributed by atoms with E-state index in [1.165, 1.54) is 6.07 Å². The third kappa shape index (κ3) is 1.55. The molecule has 0 aliphatic rings. The van der Waals surface area contributed by atoms with Gasteiger partial charge >= 0.3 is 5.97 Å². The fourth-order valence-corrected chi connectivity index (χ4v) is 0.750. The van der Waals surface area contributed by atoms with Crippen molar-refractivity contribution < 1.29 is 9.90 Å². The van der Waals surface area contributed by atoms with Gasteiger partial charge in [0.15, 0.2) is 0 Å². The Balaban J connectivity index is 3.15. The quantitative estimate of drug-likeness (QED) is 0.659. The highest BCUT2D eigenvalue weighted by molar-refractivity contribution is 5.85. The van der Waals surface area contributed by atoms with Crippen molar-refractivity contribution in [3.8, 4) is 0 Å². The average molecular weight is 151 g/mol. The van der Waals surface area contributed by atoms with E-state index in [0.29, 0.717) is 0 Å². The molecule has 11 heavy (non-hydrogen) atoms. The first kappa shape index (κ1) is 7.72. The topological polar surface area (TPSA) is 50.2 Å². The monoisotopic (exact) mass is 151 g/mol. The number of carboxylic acids is 1. The predicted octanol–water partition coefficient (Wildman–Crippen LogP) is 1.40. The lowest BCUT2D eigenvalue weighted by Gasteiger charge is -1.98. The molecule has 0 amide bonds. The van der Waals surface area contributed by atoms with Gasteiger partial charge in [-0.2, -0.15) is 0 Å². The van der Waals surface area contributed by atoms with Crippen LogP contribution in [0.2, 0.25) is 0 Å². The summed E-state index contributed by atoms with van der Waals surface area (Å²) in [6.45, 7) is 3.69. The minimum absolute atomic E-state index is 0.105. The Bertz CT molecular complexity index is 294. The summed E-state index contributed by atoms with van der Waals surface area (Å²) < 4.78 is 0. The first-order valence-corrected chi connectivity index (χ1v) is 3.29. The zero-order chi connectivity index (χ0) is 8.43. The van der Waals surface area contributed by atoms with Crippen molar-refractivity contribution in [2.75, 3.05) is 0 Å². The highest BCUT2D eigenvalue weighted by Gasteiger charge is 2.04. The molecule has 0 radical (unpaired) electrons. The molecule has 1 heterocycles. The Morgan fingerprint density at radius 1 is 1.45 bits per heavy atom. The van der Waals surface area contributed by atoms with Crippen LogP contribution in [0.5, 0.6) is 0 Å². The summed E-state index contributed by atoms with van der Waals surface area (Å²) in [6.07, 6.45) is 0. The summed E-state index contributed by atoms with van der Waals surface area (Å²) in [5.74, 6) is -0.979. The number of aromatic nitrogens is 1. The molecule has 1 aromatic rings. The van der Waals surface area contributed by atoms with Crippen LogP contribution in [0.1, 0.15) is 21.7 Å². The zero-order valence-corrected chi connectivity index (χ0v) is 6.46. The molecule has 1 N–H and O–H groups in total. The molecule has 58 valence electrons. The number of aryl methyl sites for hydroxylation is 2. The number of hydrogen-bond acceptors (Lipinski definition) is 2. The van der Waals surface area contributed by atoms with Crippen molar-refractivity contribution in [1.82, 2.24) is 4.98 Å². The molecule has 0 fully saturated rings. The lowest BCUT2D eigenvalue weighted by atomic mass is 10.2. The van der Waals surface area contributed by atoms with Crippen LogP contribution in [-0.4, -0.2) is 16.1 Å². The van der Waals surface area contributed by atoms with E-state index in [1.54, 1.807) is 13.0 Å². The van der Waals surface area contributed by atoms with Crippen molar-refractivity contribution in [2.45, 2.75) is 13.8 Å². The standard InChI is InChI=1S/C8H9NO2/c1-5-3-4-7(8(10)11)9-6(5)2/h3-4H,1-2H3,(H,10,11). The molecule has 1 aromatic heterocycles. The van der Waals surface area contributed by atoms with Gasteiger partial charge in [0.05, 0.1) is 0 Å². The summed E-state index contributed by atoms with van der Waals surface area (Å²) in [5.41, 5.74) is 1.88. The van der Waals surface area contributed by atoms with Gasteiger partial charge in [-0.05, 0) is 25.5 Å². The Labute approximate surface area is 64.7 Å². The molecule has 0 aliphatic carbocycles. The van der Waals surface area contributed by atoms with Crippen LogP contribution in [0, 0.1) is 13.8 Å². The number of carboxylic acid groups (broad SMARTS) is 1. The van der Waals surface area contributed by atoms with E-state index in [0.717, 1.165) is 11.3 Å². The third-order valence-electron chi connectivity index (χ3n) is 1.57. The van der Waals surface area contributed by atoms with Gasteiger partial charge in [0, 0.05) is 5.69 Å². The second-order valence-electron chi connectivity index (χ2n) is 2.40. The highest BCUT2D eigenvalue weighted by atomic mass is 16.4. The van der Waals surface area contributed by atoms with Crippen molar-refractivity contribution in [3.05, 3.63) is 29.1 Å². The predicted molar refractivity (Wildman–Crippen MR) is 40.7 cm³/mol. The molecule has 3 heteroatoms. The highest BCUT2D eigenvalue weighted by Crippen LogP contribution is 2.04. The summed E-state index contributed by atoms with van der Waals surface area (Å²) >= 11 is 0. The van der Waals surface area contributed by atoms with Crippen LogP contribution in [0.25, 0.3) is 0 Å². The molecule has 0 saturated carbocycles. The van der Waals surface area contributed by atoms with Gasteiger partial charge in [0.2, 0.25) is 0 Å². The lowest BCUT2D eigenvalue weighted by Crippen LogP contribution is -2.01. The molecule has 3 nitrogen and oxygen atoms in total. The zero-order valence-electron chi connectivity index (χ0n) is 6.46. The molecular formula is C8H9NO2. The molecule has 0 bridgehead atoms. The molecule has 0 unspecified atom stereocenters. The summed E-state index contributed by atoms with van der Waals surface area (Å²) in [5, 5.41) is 8.54. The molecule has 0 spiro atoms. The molecule has 0 aliphatic heterocycles. The van der Waals surface area contributed by atoms with Gasteiger partial charge in [-0.25, -0.2) is 9.78 Å².